The first kappa shape index (κ1) is 20.1. The fraction of sp³-hybridized carbons (Fsp3) is 0.550. The Bertz CT molecular complexity index is 687. The Kier molecular flexibility index (Phi) is 6.91. The number of aryl methyl sites for hydroxylation is 1. The number of fused-ring (bicyclic) bond motifs is 1. The number of hydrogen-bond acceptors (Lipinski definition) is 5. The number of allylic oxidation sites excluding steroid dienone is 1. The molecule has 2 aliphatic rings. The number of rotatable bonds is 5. The molecule has 2 aliphatic heterocycles. The van der Waals surface area contributed by atoms with Crippen LogP contribution in [-0.4, -0.2) is 48.4 Å². The molecule has 0 spiro atoms. The van der Waals surface area contributed by atoms with Crippen LogP contribution in [0.1, 0.15) is 55.2 Å². The summed E-state index contributed by atoms with van der Waals surface area (Å²) < 4.78 is 5.19. The number of ether oxygens (including phenoxy) is 1. The summed E-state index contributed by atoms with van der Waals surface area (Å²) in [6.45, 7) is 11.9. The van der Waals surface area contributed by atoms with Crippen LogP contribution >= 0.6 is 0 Å². The molecule has 0 N–H and O–H groups in total. The molecule has 1 atom stereocenters. The van der Waals surface area contributed by atoms with E-state index in [0.717, 1.165) is 48.3 Å². The van der Waals surface area contributed by atoms with Gasteiger partial charge in [-0.1, -0.05) is 20.4 Å². The van der Waals surface area contributed by atoms with Crippen LogP contribution in [0, 0.1) is 0 Å². The number of amides is 1. The minimum absolute atomic E-state index is 0.0179. The van der Waals surface area contributed by atoms with Crippen LogP contribution in [0.4, 0.5) is 5.82 Å². The maximum Gasteiger partial charge on any atom is 0.252 e. The monoisotopic (exact) mass is 359 g/mol. The van der Waals surface area contributed by atoms with Crippen molar-refractivity contribution in [3.8, 4) is 0 Å². The number of carbonyl (C=O) groups excluding carboxylic acids is 2. The average molecular weight is 359 g/mol. The average Bonchev–Trinajstić information content (AvgIpc) is 3.01. The summed E-state index contributed by atoms with van der Waals surface area (Å²) in [5.74, 6) is 0.803. The predicted octanol–water partition coefficient (Wildman–Crippen LogP) is 2.95. The molecule has 1 aromatic heterocycles. The Morgan fingerprint density at radius 1 is 1.42 bits per heavy atom. The summed E-state index contributed by atoms with van der Waals surface area (Å²) in [5.41, 5.74) is 3.23. The Labute approximate surface area is 155 Å². The van der Waals surface area contributed by atoms with E-state index in [2.05, 4.69) is 16.5 Å². The molecular weight excluding hydrogens is 330 g/mol. The number of anilines is 1. The number of likely N-dealkylation sites (tertiary alicyclic amines) is 1. The van der Waals surface area contributed by atoms with Gasteiger partial charge in [-0.2, -0.15) is 0 Å². The molecular formula is C20H29N3O3. The highest BCUT2D eigenvalue weighted by Gasteiger charge is 2.32. The zero-order valence-electron chi connectivity index (χ0n) is 16.2. The van der Waals surface area contributed by atoms with E-state index in [1.54, 1.807) is 12.0 Å². The Morgan fingerprint density at radius 2 is 2.15 bits per heavy atom. The molecule has 3 heterocycles. The van der Waals surface area contributed by atoms with Gasteiger partial charge in [0, 0.05) is 44.4 Å². The van der Waals surface area contributed by atoms with Crippen LogP contribution in [0.3, 0.4) is 0 Å². The van der Waals surface area contributed by atoms with Crippen LogP contribution < -0.4 is 4.90 Å². The van der Waals surface area contributed by atoms with Crippen LogP contribution in [0.15, 0.2) is 18.3 Å². The molecule has 1 saturated heterocycles. The highest BCUT2D eigenvalue weighted by Crippen LogP contribution is 2.30. The maximum absolute atomic E-state index is 12.2. The molecule has 0 aliphatic carbocycles. The van der Waals surface area contributed by atoms with E-state index in [9.17, 15) is 9.59 Å². The van der Waals surface area contributed by atoms with E-state index in [1.807, 2.05) is 26.8 Å². The zero-order chi connectivity index (χ0) is 19.3. The fourth-order valence-electron chi connectivity index (χ4n) is 3.45. The number of aldehydes is 1. The van der Waals surface area contributed by atoms with Crippen molar-refractivity contribution in [3.63, 3.8) is 0 Å². The van der Waals surface area contributed by atoms with Gasteiger partial charge in [-0.15, -0.1) is 0 Å². The third-order valence-electron chi connectivity index (χ3n) is 4.74. The summed E-state index contributed by atoms with van der Waals surface area (Å²) >= 11 is 0. The first-order valence-corrected chi connectivity index (χ1v) is 9.27. The summed E-state index contributed by atoms with van der Waals surface area (Å²) in [7, 11) is 1.55. The largest absolute Gasteiger partial charge is 0.372 e. The Morgan fingerprint density at radius 3 is 2.73 bits per heavy atom. The normalized spacial score (nSPS) is 18.9. The van der Waals surface area contributed by atoms with Crippen molar-refractivity contribution in [1.29, 1.82) is 0 Å². The number of pyridine rings is 1. The van der Waals surface area contributed by atoms with E-state index < -0.39 is 0 Å². The molecule has 6 heteroatoms. The van der Waals surface area contributed by atoms with Crippen molar-refractivity contribution in [1.82, 2.24) is 9.88 Å². The van der Waals surface area contributed by atoms with Crippen molar-refractivity contribution < 1.29 is 14.3 Å². The van der Waals surface area contributed by atoms with Gasteiger partial charge in [-0.25, -0.2) is 4.98 Å². The van der Waals surface area contributed by atoms with Crippen LogP contribution in [-0.2, 0) is 22.5 Å². The van der Waals surface area contributed by atoms with Crippen molar-refractivity contribution in [3.05, 3.63) is 35.2 Å². The van der Waals surface area contributed by atoms with Gasteiger partial charge in [0.2, 0.25) is 0 Å². The van der Waals surface area contributed by atoms with Crippen molar-refractivity contribution in [2.24, 2.45) is 0 Å². The van der Waals surface area contributed by atoms with E-state index in [0.29, 0.717) is 25.2 Å². The summed E-state index contributed by atoms with van der Waals surface area (Å²) in [6, 6.07) is 2.02. The summed E-state index contributed by atoms with van der Waals surface area (Å²) in [5, 5.41) is 0. The topological polar surface area (TPSA) is 62.7 Å². The second-order valence-electron chi connectivity index (χ2n) is 6.40. The lowest BCUT2D eigenvalue weighted by molar-refractivity contribution is -0.136. The van der Waals surface area contributed by atoms with Crippen molar-refractivity contribution in [2.75, 3.05) is 25.1 Å². The lowest BCUT2D eigenvalue weighted by Crippen LogP contribution is -2.31. The zero-order valence-corrected chi connectivity index (χ0v) is 16.2. The van der Waals surface area contributed by atoms with Gasteiger partial charge in [0.15, 0.2) is 6.29 Å². The SMILES string of the molecule is C=C(C)N1CCCc2cc(CN3CCC(OC)C3=O)c(C=O)nc21.CC. The summed E-state index contributed by atoms with van der Waals surface area (Å²) in [4.78, 5) is 32.1. The highest BCUT2D eigenvalue weighted by atomic mass is 16.5. The third kappa shape index (κ3) is 3.96. The Balaban J connectivity index is 0.00000117. The summed E-state index contributed by atoms with van der Waals surface area (Å²) in [6.07, 6.45) is 3.04. The first-order chi connectivity index (χ1) is 12.5. The molecule has 3 rings (SSSR count). The third-order valence-corrected chi connectivity index (χ3v) is 4.74. The van der Waals surface area contributed by atoms with Crippen molar-refractivity contribution in [2.45, 2.75) is 52.7 Å². The van der Waals surface area contributed by atoms with Crippen LogP contribution in [0.5, 0.6) is 0 Å². The molecule has 0 radical (unpaired) electrons. The standard InChI is InChI=1S/C18H23N3O3.C2H6/c1-12(2)21-7-4-5-13-9-14(15(11-22)19-17(13)21)10-20-8-6-16(24-3)18(20)23;1-2/h9,11,16H,1,4-8,10H2,2-3H3;1-2H3. The van der Waals surface area contributed by atoms with E-state index in [4.69, 9.17) is 4.74 Å². The van der Waals surface area contributed by atoms with Crippen molar-refractivity contribution >= 4 is 18.0 Å². The number of hydrogen-bond donors (Lipinski definition) is 0. The second kappa shape index (κ2) is 8.94. The number of aromatic nitrogens is 1. The number of methoxy groups -OCH3 is 1. The molecule has 1 fully saturated rings. The molecule has 1 unspecified atom stereocenters. The molecule has 1 aromatic rings. The highest BCUT2D eigenvalue weighted by molar-refractivity contribution is 5.83. The quantitative estimate of drug-likeness (QED) is 0.757. The number of nitrogens with zero attached hydrogens (tertiary/aromatic N) is 3. The Hall–Kier alpha value is -2.21. The minimum atomic E-state index is -0.367. The number of carbonyl (C=O) groups is 2. The van der Waals surface area contributed by atoms with Gasteiger partial charge in [0.1, 0.15) is 17.6 Å². The molecule has 6 nitrogen and oxygen atoms in total. The second-order valence-corrected chi connectivity index (χ2v) is 6.40. The lowest BCUT2D eigenvalue weighted by Gasteiger charge is -2.31. The van der Waals surface area contributed by atoms with Gasteiger partial charge in [-0.3, -0.25) is 9.59 Å². The smallest absolute Gasteiger partial charge is 0.252 e. The molecule has 26 heavy (non-hydrogen) atoms. The molecule has 142 valence electrons. The van der Waals surface area contributed by atoms with Gasteiger partial charge < -0.3 is 14.5 Å². The molecule has 0 bridgehead atoms. The van der Waals surface area contributed by atoms with Gasteiger partial charge in [0.05, 0.1) is 0 Å². The fourth-order valence-corrected chi connectivity index (χ4v) is 3.45. The van der Waals surface area contributed by atoms with E-state index in [1.165, 1.54) is 0 Å². The predicted molar refractivity (Wildman–Crippen MR) is 102 cm³/mol. The molecule has 0 aromatic carbocycles. The van der Waals surface area contributed by atoms with E-state index in [-0.39, 0.29) is 12.0 Å². The van der Waals surface area contributed by atoms with Crippen LogP contribution in [0.2, 0.25) is 0 Å². The lowest BCUT2D eigenvalue weighted by atomic mass is 10.0. The van der Waals surface area contributed by atoms with Gasteiger partial charge >= 0.3 is 0 Å². The molecule has 0 saturated carbocycles. The maximum atomic E-state index is 12.2. The van der Waals surface area contributed by atoms with Crippen LogP contribution in [0.25, 0.3) is 0 Å². The first-order valence-electron chi connectivity index (χ1n) is 9.27. The van der Waals surface area contributed by atoms with E-state index >= 15 is 0 Å². The molecule has 1 amide bonds. The van der Waals surface area contributed by atoms with Gasteiger partial charge in [-0.05, 0) is 31.4 Å². The van der Waals surface area contributed by atoms with Gasteiger partial charge in [0.25, 0.3) is 5.91 Å². The minimum Gasteiger partial charge on any atom is -0.372 e.